The summed E-state index contributed by atoms with van der Waals surface area (Å²) < 4.78 is 14.8. The first kappa shape index (κ1) is 12.4. The highest BCUT2D eigenvalue weighted by molar-refractivity contribution is 7.98. The fourth-order valence-corrected chi connectivity index (χ4v) is 2.07. The van der Waals surface area contributed by atoms with Crippen molar-refractivity contribution < 1.29 is 9.31 Å². The highest BCUT2D eigenvalue weighted by Gasteiger charge is 2.14. The number of thioether (sulfide) groups is 1. The van der Waals surface area contributed by atoms with Crippen molar-refractivity contribution in [2.75, 3.05) is 0 Å². The number of tetrazole rings is 1. The second-order valence-electron chi connectivity index (χ2n) is 3.42. The van der Waals surface area contributed by atoms with Crippen LogP contribution in [0.2, 0.25) is 0 Å². The smallest absolute Gasteiger partial charge is 0.258 e. The van der Waals surface area contributed by atoms with E-state index < -0.39 is 16.4 Å². The Labute approximate surface area is 105 Å². The third-order valence-electron chi connectivity index (χ3n) is 2.16. The highest BCUT2D eigenvalue weighted by atomic mass is 32.2. The molecule has 0 unspecified atom stereocenters. The zero-order valence-corrected chi connectivity index (χ0v) is 10.1. The summed E-state index contributed by atoms with van der Waals surface area (Å²) in [4.78, 5) is 9.70. The van der Waals surface area contributed by atoms with Crippen LogP contribution in [0.4, 0.5) is 10.1 Å². The number of nitro groups is 1. The number of halogens is 1. The maximum atomic E-state index is 13.3. The number of nitrogens with zero attached hydrogens (tertiary/aromatic N) is 5. The molecule has 0 bridgehead atoms. The van der Waals surface area contributed by atoms with Crippen LogP contribution < -0.4 is 0 Å². The lowest BCUT2D eigenvalue weighted by atomic mass is 10.2. The zero-order valence-electron chi connectivity index (χ0n) is 9.28. The van der Waals surface area contributed by atoms with Gasteiger partial charge in [-0.25, -0.2) is 4.68 Å². The Kier molecular flexibility index (Phi) is 3.51. The average Bonchev–Trinajstić information content (AvgIpc) is 2.72. The van der Waals surface area contributed by atoms with E-state index in [0.29, 0.717) is 16.5 Å². The first-order valence-corrected chi connectivity index (χ1v) is 5.84. The van der Waals surface area contributed by atoms with Crippen LogP contribution in [0.5, 0.6) is 0 Å². The Bertz CT molecular complexity index is 588. The Hall–Kier alpha value is -2.03. The van der Waals surface area contributed by atoms with Gasteiger partial charge >= 0.3 is 5.69 Å². The minimum absolute atomic E-state index is 0.434. The van der Waals surface area contributed by atoms with E-state index in [-0.39, 0.29) is 0 Å². The summed E-state index contributed by atoms with van der Waals surface area (Å²) in [5.74, 6) is -0.405. The predicted molar refractivity (Wildman–Crippen MR) is 61.4 cm³/mol. The van der Waals surface area contributed by atoms with Gasteiger partial charge in [0.2, 0.25) is 11.0 Å². The maximum Gasteiger partial charge on any atom is 0.304 e. The first-order chi connectivity index (χ1) is 8.58. The van der Waals surface area contributed by atoms with E-state index >= 15 is 0 Å². The average molecular weight is 269 g/mol. The quantitative estimate of drug-likeness (QED) is 0.475. The van der Waals surface area contributed by atoms with Gasteiger partial charge in [-0.05, 0) is 22.1 Å². The van der Waals surface area contributed by atoms with E-state index in [4.69, 9.17) is 0 Å². The number of aryl methyl sites for hydroxylation is 1. The van der Waals surface area contributed by atoms with Gasteiger partial charge in [0.1, 0.15) is 0 Å². The van der Waals surface area contributed by atoms with Crippen molar-refractivity contribution in [1.29, 1.82) is 0 Å². The molecular formula is C9H8FN5O2S. The maximum absolute atomic E-state index is 13.3. The fourth-order valence-electron chi connectivity index (χ4n) is 1.28. The molecule has 0 fully saturated rings. The summed E-state index contributed by atoms with van der Waals surface area (Å²) in [5, 5.41) is 21.9. The van der Waals surface area contributed by atoms with Crippen molar-refractivity contribution in [3.63, 3.8) is 0 Å². The van der Waals surface area contributed by atoms with Crippen LogP contribution in [0.1, 0.15) is 5.56 Å². The largest absolute Gasteiger partial charge is 0.304 e. The van der Waals surface area contributed by atoms with E-state index in [0.717, 1.165) is 12.1 Å². The van der Waals surface area contributed by atoms with Crippen LogP contribution >= 0.6 is 11.8 Å². The normalized spacial score (nSPS) is 10.6. The summed E-state index contributed by atoms with van der Waals surface area (Å²) >= 11 is 1.32. The van der Waals surface area contributed by atoms with Crippen LogP contribution in [0.3, 0.4) is 0 Å². The molecule has 0 amide bonds. The Balaban J connectivity index is 2.09. The molecule has 1 heterocycles. The van der Waals surface area contributed by atoms with Crippen molar-refractivity contribution in [2.45, 2.75) is 10.9 Å². The molecular weight excluding hydrogens is 261 g/mol. The lowest BCUT2D eigenvalue weighted by Crippen LogP contribution is -1.95. The molecule has 0 radical (unpaired) electrons. The Morgan fingerprint density at radius 3 is 2.89 bits per heavy atom. The van der Waals surface area contributed by atoms with Gasteiger partial charge in [-0.3, -0.25) is 10.1 Å². The molecule has 2 aromatic rings. The Morgan fingerprint density at radius 2 is 2.33 bits per heavy atom. The van der Waals surface area contributed by atoms with Crippen molar-refractivity contribution in [2.24, 2.45) is 7.05 Å². The van der Waals surface area contributed by atoms with Gasteiger partial charge in [-0.15, -0.1) is 5.10 Å². The molecule has 18 heavy (non-hydrogen) atoms. The number of aromatic nitrogens is 4. The number of hydrogen-bond donors (Lipinski definition) is 0. The van der Waals surface area contributed by atoms with E-state index in [1.807, 2.05) is 0 Å². The van der Waals surface area contributed by atoms with Gasteiger partial charge in [0.05, 0.1) is 4.92 Å². The lowest BCUT2D eigenvalue weighted by molar-refractivity contribution is -0.387. The minimum Gasteiger partial charge on any atom is -0.258 e. The molecule has 0 aliphatic heterocycles. The summed E-state index contributed by atoms with van der Waals surface area (Å²) in [6.45, 7) is 0. The first-order valence-electron chi connectivity index (χ1n) is 4.86. The molecule has 0 aliphatic carbocycles. The van der Waals surface area contributed by atoms with Crippen molar-refractivity contribution in [3.05, 3.63) is 39.7 Å². The fraction of sp³-hybridized carbons (Fsp3) is 0.222. The van der Waals surface area contributed by atoms with E-state index in [1.165, 1.54) is 22.5 Å². The van der Waals surface area contributed by atoms with Crippen molar-refractivity contribution in [1.82, 2.24) is 20.2 Å². The van der Waals surface area contributed by atoms with Gasteiger partial charge in [-0.2, -0.15) is 4.39 Å². The molecule has 0 saturated carbocycles. The van der Waals surface area contributed by atoms with E-state index in [1.54, 1.807) is 7.05 Å². The van der Waals surface area contributed by atoms with Gasteiger partial charge < -0.3 is 0 Å². The molecule has 94 valence electrons. The third kappa shape index (κ3) is 2.62. The molecule has 1 aromatic heterocycles. The minimum atomic E-state index is -0.839. The van der Waals surface area contributed by atoms with Gasteiger partial charge in [0, 0.05) is 18.9 Å². The van der Waals surface area contributed by atoms with Crippen LogP contribution in [0.25, 0.3) is 0 Å². The van der Waals surface area contributed by atoms with E-state index in [9.17, 15) is 14.5 Å². The van der Waals surface area contributed by atoms with Crippen LogP contribution in [0, 0.1) is 15.9 Å². The molecule has 0 atom stereocenters. The monoisotopic (exact) mass is 269 g/mol. The second kappa shape index (κ2) is 5.08. The summed E-state index contributed by atoms with van der Waals surface area (Å²) in [5.41, 5.74) is 0.107. The van der Waals surface area contributed by atoms with Crippen molar-refractivity contribution >= 4 is 17.4 Å². The second-order valence-corrected chi connectivity index (χ2v) is 4.36. The van der Waals surface area contributed by atoms with Crippen LogP contribution in [-0.2, 0) is 12.8 Å². The molecule has 0 aliphatic rings. The Morgan fingerprint density at radius 1 is 1.56 bits per heavy atom. The summed E-state index contributed by atoms with van der Waals surface area (Å²) in [7, 11) is 1.69. The molecule has 7 nitrogen and oxygen atoms in total. The number of rotatable bonds is 4. The van der Waals surface area contributed by atoms with Crippen LogP contribution in [0.15, 0.2) is 23.4 Å². The molecule has 9 heteroatoms. The third-order valence-corrected chi connectivity index (χ3v) is 3.24. The summed E-state index contributed by atoms with van der Waals surface area (Å²) in [6, 6.07) is 3.81. The summed E-state index contributed by atoms with van der Waals surface area (Å²) in [6.07, 6.45) is 0. The number of benzene rings is 1. The van der Waals surface area contributed by atoms with Crippen molar-refractivity contribution in [3.8, 4) is 0 Å². The SMILES string of the molecule is Cn1nnnc1SCc1ccc([N+](=O)[O-])c(F)c1. The topological polar surface area (TPSA) is 86.7 Å². The number of nitro benzene ring substituents is 1. The van der Waals surface area contributed by atoms with Gasteiger partial charge in [0.25, 0.3) is 0 Å². The highest BCUT2D eigenvalue weighted by Crippen LogP contribution is 2.23. The standard InChI is InChI=1S/C9H8FN5O2S/c1-14-9(11-12-13-14)18-5-6-2-3-8(15(16)17)7(10)4-6/h2-4H,5H2,1H3. The molecule has 0 N–H and O–H groups in total. The zero-order chi connectivity index (χ0) is 13.1. The van der Waals surface area contributed by atoms with E-state index in [2.05, 4.69) is 15.5 Å². The molecule has 0 spiro atoms. The molecule has 0 saturated heterocycles. The lowest BCUT2D eigenvalue weighted by Gasteiger charge is -2.01. The number of hydrogen-bond acceptors (Lipinski definition) is 6. The van der Waals surface area contributed by atoms with Crippen LogP contribution in [-0.4, -0.2) is 25.1 Å². The van der Waals surface area contributed by atoms with Gasteiger partial charge in [0.15, 0.2) is 0 Å². The molecule has 1 aromatic carbocycles. The van der Waals surface area contributed by atoms with Gasteiger partial charge in [-0.1, -0.05) is 17.8 Å². The molecule has 2 rings (SSSR count). The predicted octanol–water partition coefficient (Wildman–Crippen LogP) is 1.55.